The van der Waals surface area contributed by atoms with Gasteiger partial charge in [0.15, 0.2) is 5.78 Å². The van der Waals surface area contributed by atoms with Crippen LogP contribution < -0.4 is 0 Å². The van der Waals surface area contributed by atoms with Crippen molar-refractivity contribution in [1.82, 2.24) is 0 Å². The number of allylic oxidation sites excluding steroid dienone is 1. The Bertz CT molecular complexity index is 839. The summed E-state index contributed by atoms with van der Waals surface area (Å²) in [6.45, 7) is 7.59. The molecule has 1 aromatic heterocycles. The number of Topliss-reactive ketones (excluding diaryl/α,β-unsaturated/α-hetero) is 1. The maximum Gasteiger partial charge on any atom is 0.336 e. The third-order valence-electron chi connectivity index (χ3n) is 5.30. The molecule has 4 atom stereocenters. The number of esters is 2. The Labute approximate surface area is 168 Å². The molecule has 1 aliphatic heterocycles. The number of carbonyl (C=O) groups excluding carboxylic acids is 3. The van der Waals surface area contributed by atoms with Crippen LogP contribution in [-0.2, 0) is 23.9 Å². The second-order valence-electron chi connectivity index (χ2n) is 7.11. The molecular formula is C21H25NO5S. The molecule has 1 aromatic rings. The van der Waals surface area contributed by atoms with Gasteiger partial charge in [0.25, 0.3) is 0 Å². The molecule has 2 aliphatic rings. The van der Waals surface area contributed by atoms with E-state index in [1.807, 2.05) is 24.4 Å². The van der Waals surface area contributed by atoms with Gasteiger partial charge in [-0.1, -0.05) is 13.0 Å². The van der Waals surface area contributed by atoms with Crippen LogP contribution in [0.15, 0.2) is 33.8 Å². The normalized spacial score (nSPS) is 27.1. The third-order valence-corrected chi connectivity index (χ3v) is 6.26. The number of thiophene rings is 1. The Morgan fingerprint density at radius 3 is 2.54 bits per heavy atom. The largest absolute Gasteiger partial charge is 0.465 e. The van der Waals surface area contributed by atoms with Crippen LogP contribution >= 0.6 is 11.3 Å². The lowest BCUT2D eigenvalue weighted by Gasteiger charge is -2.39. The Morgan fingerprint density at radius 2 is 1.93 bits per heavy atom. The van der Waals surface area contributed by atoms with Gasteiger partial charge in [-0.05, 0) is 44.6 Å². The van der Waals surface area contributed by atoms with Gasteiger partial charge >= 0.3 is 11.9 Å². The van der Waals surface area contributed by atoms with E-state index in [4.69, 9.17) is 9.47 Å². The quantitative estimate of drug-likeness (QED) is 0.555. The van der Waals surface area contributed by atoms with E-state index in [1.54, 1.807) is 20.8 Å². The number of aliphatic imine (C=N–C) groups is 1. The molecule has 1 aliphatic carbocycles. The molecule has 6 nitrogen and oxygen atoms in total. The Morgan fingerprint density at radius 1 is 1.21 bits per heavy atom. The Kier molecular flexibility index (Phi) is 6.13. The molecule has 0 radical (unpaired) electrons. The number of fused-ring (bicyclic) bond motifs is 1. The Balaban J connectivity index is 2.10. The topological polar surface area (TPSA) is 82.0 Å². The lowest BCUT2D eigenvalue weighted by atomic mass is 9.65. The zero-order chi connectivity index (χ0) is 20.4. The van der Waals surface area contributed by atoms with E-state index >= 15 is 0 Å². The van der Waals surface area contributed by atoms with Gasteiger partial charge in [-0.15, -0.1) is 11.3 Å². The highest BCUT2D eigenvalue weighted by atomic mass is 32.1. The molecule has 0 spiro atoms. The zero-order valence-corrected chi connectivity index (χ0v) is 17.4. The highest BCUT2D eigenvalue weighted by molar-refractivity contribution is 7.10. The van der Waals surface area contributed by atoms with Crippen molar-refractivity contribution in [3.8, 4) is 0 Å². The van der Waals surface area contributed by atoms with Gasteiger partial charge in [0.05, 0.1) is 24.7 Å². The molecule has 1 saturated carbocycles. The molecular weight excluding hydrogens is 378 g/mol. The van der Waals surface area contributed by atoms with Crippen LogP contribution in [0.2, 0.25) is 0 Å². The maximum atomic E-state index is 13.5. The predicted octanol–water partition coefficient (Wildman–Crippen LogP) is 3.53. The second kappa shape index (κ2) is 8.39. The fraction of sp³-hybridized carbons (Fsp3) is 0.524. The van der Waals surface area contributed by atoms with Crippen LogP contribution in [0.4, 0.5) is 0 Å². The molecule has 3 rings (SSSR count). The van der Waals surface area contributed by atoms with Crippen molar-refractivity contribution in [1.29, 1.82) is 0 Å². The van der Waals surface area contributed by atoms with Crippen molar-refractivity contribution in [2.24, 2.45) is 22.7 Å². The average molecular weight is 404 g/mol. The van der Waals surface area contributed by atoms with E-state index in [2.05, 4.69) is 4.99 Å². The minimum atomic E-state index is -0.840. The Hall–Kier alpha value is -2.28. The van der Waals surface area contributed by atoms with Crippen LogP contribution in [-0.4, -0.2) is 36.6 Å². The summed E-state index contributed by atoms with van der Waals surface area (Å²) in [4.78, 5) is 44.2. The van der Waals surface area contributed by atoms with Crippen LogP contribution in [0.3, 0.4) is 0 Å². The van der Waals surface area contributed by atoms with E-state index in [9.17, 15) is 14.4 Å². The van der Waals surface area contributed by atoms with Crippen molar-refractivity contribution in [3.63, 3.8) is 0 Å². The predicted molar refractivity (Wildman–Crippen MR) is 106 cm³/mol. The first-order valence-electron chi connectivity index (χ1n) is 9.59. The monoisotopic (exact) mass is 403 g/mol. The highest BCUT2D eigenvalue weighted by Crippen LogP contribution is 2.46. The summed E-state index contributed by atoms with van der Waals surface area (Å²) in [6.07, 6.45) is 0.523. The minimum absolute atomic E-state index is 0.192. The summed E-state index contributed by atoms with van der Waals surface area (Å²) < 4.78 is 10.4. The summed E-state index contributed by atoms with van der Waals surface area (Å²) in [7, 11) is 0. The van der Waals surface area contributed by atoms with E-state index < -0.39 is 29.7 Å². The van der Waals surface area contributed by atoms with Crippen LogP contribution in [0.25, 0.3) is 0 Å². The van der Waals surface area contributed by atoms with Gasteiger partial charge in [0.2, 0.25) is 0 Å². The van der Waals surface area contributed by atoms with Crippen molar-refractivity contribution < 1.29 is 23.9 Å². The fourth-order valence-corrected chi connectivity index (χ4v) is 5.06. The molecule has 2 heterocycles. The van der Waals surface area contributed by atoms with Crippen molar-refractivity contribution >= 4 is 34.8 Å². The standard InChI is InChI=1S/C21H25NO5S/c1-5-26-20(24)15-11(3)10-13-17(19(15)23)18(14-8-7-9-28-14)16(12(4)22-13)21(25)27-6-2/h7-9,11,15,17-18H,5-6,10H2,1-4H3/t11-,15-,17?,18-/m1/s1. The number of carbonyl (C=O) groups is 3. The third kappa shape index (κ3) is 3.55. The number of hydrogen-bond donors (Lipinski definition) is 0. The van der Waals surface area contributed by atoms with Crippen molar-refractivity contribution in [2.45, 2.75) is 40.0 Å². The van der Waals surface area contributed by atoms with Crippen LogP contribution in [0, 0.1) is 17.8 Å². The molecule has 1 unspecified atom stereocenters. The molecule has 150 valence electrons. The molecule has 28 heavy (non-hydrogen) atoms. The first-order valence-corrected chi connectivity index (χ1v) is 10.5. The van der Waals surface area contributed by atoms with Gasteiger partial charge in [-0.2, -0.15) is 0 Å². The van der Waals surface area contributed by atoms with E-state index in [0.717, 1.165) is 10.6 Å². The van der Waals surface area contributed by atoms with Crippen LogP contribution in [0.1, 0.15) is 44.9 Å². The second-order valence-corrected chi connectivity index (χ2v) is 8.09. The maximum absolute atomic E-state index is 13.5. The first kappa shape index (κ1) is 20.5. The number of hydrogen-bond acceptors (Lipinski definition) is 7. The zero-order valence-electron chi connectivity index (χ0n) is 16.6. The molecule has 0 amide bonds. The van der Waals surface area contributed by atoms with Gasteiger partial charge in [0, 0.05) is 22.2 Å². The van der Waals surface area contributed by atoms with E-state index in [0.29, 0.717) is 17.7 Å². The van der Waals surface area contributed by atoms with Gasteiger partial charge in [-0.3, -0.25) is 14.6 Å². The summed E-state index contributed by atoms with van der Waals surface area (Å²) in [5, 5.41) is 1.91. The fourth-order valence-electron chi connectivity index (χ4n) is 4.19. The van der Waals surface area contributed by atoms with E-state index in [-0.39, 0.29) is 24.9 Å². The average Bonchev–Trinajstić information content (AvgIpc) is 3.15. The lowest BCUT2D eigenvalue weighted by Crippen LogP contribution is -2.48. The number of rotatable bonds is 5. The molecule has 0 saturated heterocycles. The van der Waals surface area contributed by atoms with Gasteiger partial charge < -0.3 is 9.47 Å². The van der Waals surface area contributed by atoms with Crippen molar-refractivity contribution in [3.05, 3.63) is 33.7 Å². The first-order chi connectivity index (χ1) is 13.4. The number of ketones is 1. The minimum Gasteiger partial charge on any atom is -0.465 e. The van der Waals surface area contributed by atoms with Crippen molar-refractivity contribution in [2.75, 3.05) is 13.2 Å². The molecule has 7 heteroatoms. The SMILES string of the molecule is CCOC(=O)C1=C(C)N=C2C[C@@H](C)[C@@H](C(=O)OCC)C(=O)C2[C@@H]1c1cccs1. The van der Waals surface area contributed by atoms with Gasteiger partial charge in [0.1, 0.15) is 5.92 Å². The molecule has 0 aromatic carbocycles. The number of ether oxygens (including phenoxy) is 2. The summed E-state index contributed by atoms with van der Waals surface area (Å²) >= 11 is 1.48. The number of nitrogens with zero attached hydrogens (tertiary/aromatic N) is 1. The summed E-state index contributed by atoms with van der Waals surface area (Å²) in [5.74, 6) is -3.33. The highest BCUT2D eigenvalue weighted by Gasteiger charge is 2.51. The molecule has 0 N–H and O–H groups in total. The summed E-state index contributed by atoms with van der Waals surface area (Å²) in [6, 6.07) is 3.80. The van der Waals surface area contributed by atoms with Crippen LogP contribution in [0.5, 0.6) is 0 Å². The lowest BCUT2D eigenvalue weighted by molar-refractivity contribution is -0.154. The smallest absolute Gasteiger partial charge is 0.336 e. The van der Waals surface area contributed by atoms with Gasteiger partial charge in [-0.25, -0.2) is 4.79 Å². The summed E-state index contributed by atoms with van der Waals surface area (Å²) in [5.41, 5.74) is 1.73. The molecule has 0 bridgehead atoms. The molecule has 1 fully saturated rings. The van der Waals surface area contributed by atoms with E-state index in [1.165, 1.54) is 11.3 Å².